The van der Waals surface area contributed by atoms with Gasteiger partial charge in [-0.15, -0.1) is 0 Å². The van der Waals surface area contributed by atoms with Crippen LogP contribution in [0.1, 0.15) is 13.8 Å². The zero-order chi connectivity index (χ0) is 50.2. The van der Waals surface area contributed by atoms with E-state index < -0.39 is 0 Å². The topological polar surface area (TPSA) is 58.4 Å². The number of benzene rings is 11. The highest BCUT2D eigenvalue weighted by atomic mass is 15.3. The van der Waals surface area contributed by atoms with Gasteiger partial charge in [-0.05, 0) is 66.4 Å². The number of para-hydroxylation sites is 2. The highest BCUT2D eigenvalue weighted by molar-refractivity contribution is 6.32. The number of nitrogens with zero attached hydrogens (tertiary/aromatic N) is 7. The Morgan fingerprint density at radius 1 is 0.342 bits per heavy atom. The first-order valence-electron chi connectivity index (χ1n) is 26.0. The van der Waals surface area contributed by atoms with Crippen molar-refractivity contribution in [3.63, 3.8) is 0 Å². The molecule has 0 unspecified atom stereocenters. The van der Waals surface area contributed by atoms with Gasteiger partial charge in [0.05, 0.1) is 44.1 Å². The summed E-state index contributed by atoms with van der Waals surface area (Å²) in [5.41, 5.74) is 11.7. The quantitative estimate of drug-likeness (QED) is 0.156. The van der Waals surface area contributed by atoms with Crippen LogP contribution in [0.25, 0.3) is 154 Å². The largest absolute Gasteiger partial charge is 0.310 e. The Balaban J connectivity index is 1.13. The van der Waals surface area contributed by atoms with E-state index in [1.54, 1.807) is 0 Å². The minimum atomic E-state index is 0.531. The molecule has 0 bridgehead atoms. The molecule has 5 heterocycles. The van der Waals surface area contributed by atoms with Gasteiger partial charge in [0.2, 0.25) is 11.9 Å². The third-order valence-corrected chi connectivity index (χ3v) is 15.8. The average molecular weight is 972 g/mol. The molecule has 7 nitrogen and oxygen atoms in total. The van der Waals surface area contributed by atoms with E-state index in [-0.39, 0.29) is 0 Å². The van der Waals surface area contributed by atoms with Gasteiger partial charge in [0.15, 0.2) is 5.82 Å². The molecule has 0 spiro atoms. The maximum absolute atomic E-state index is 5.90. The van der Waals surface area contributed by atoms with E-state index in [0.29, 0.717) is 17.7 Å². The molecule has 0 radical (unpaired) electrons. The zero-order valence-corrected chi connectivity index (χ0v) is 41.6. The minimum absolute atomic E-state index is 0.531. The summed E-state index contributed by atoms with van der Waals surface area (Å²) >= 11 is 0. The third-order valence-electron chi connectivity index (χ3n) is 15.8. The average Bonchev–Trinajstić information content (AvgIpc) is 4.41. The molecule has 0 aliphatic carbocycles. The Morgan fingerprint density at radius 3 is 1.36 bits per heavy atom. The van der Waals surface area contributed by atoms with Gasteiger partial charge in [0.1, 0.15) is 0 Å². The third kappa shape index (κ3) is 5.85. The second-order valence-corrected chi connectivity index (χ2v) is 19.8. The van der Waals surface area contributed by atoms with E-state index >= 15 is 0 Å². The van der Waals surface area contributed by atoms with Crippen LogP contribution in [0.15, 0.2) is 237 Å². The summed E-state index contributed by atoms with van der Waals surface area (Å²) in [4.78, 5) is 17.2. The highest BCUT2D eigenvalue weighted by Gasteiger charge is 2.28. The Bertz CT molecular complexity index is 5180. The zero-order valence-electron chi connectivity index (χ0n) is 41.6. The fraction of sp³-hybridized carbons (Fsp3) is 0.0290. The standard InChI is InChI=1S/C69H45N7/c1-3-19-46(4-2)73-57-31-18-17-30-55(57)60-58(73)40-38-53-51-35-32-42-20-11-14-27-48(42)62(51)75(65(53)60)68-70-67(45-23-7-5-8-24-45)71-69(72-68)76-63-49-28-15-12-21-43(49)33-36-52(63)54-39-41-59-61(66(54)76)56-37-34-44-22-13-16-29-50(44)64(56)74(59)47-25-9-6-10-26-47/h3-41H,1-2H3/b19-3-,46-4+. The van der Waals surface area contributed by atoms with Crippen molar-refractivity contribution in [1.29, 1.82) is 0 Å². The van der Waals surface area contributed by atoms with Crippen LogP contribution in [-0.4, -0.2) is 33.2 Å². The van der Waals surface area contributed by atoms with E-state index in [1.807, 2.05) is 6.07 Å². The molecule has 0 amide bonds. The molecule has 356 valence electrons. The van der Waals surface area contributed by atoms with E-state index in [0.717, 1.165) is 126 Å². The van der Waals surface area contributed by atoms with Crippen molar-refractivity contribution in [3.8, 4) is 29.0 Å². The van der Waals surface area contributed by atoms with Crippen molar-refractivity contribution >= 4 is 125 Å². The van der Waals surface area contributed by atoms with Gasteiger partial charge >= 0.3 is 0 Å². The summed E-state index contributed by atoms with van der Waals surface area (Å²) in [6.07, 6.45) is 6.49. The SMILES string of the molecule is C/C=C\C(=C/C)n1c2ccccc2c2c1ccc1c3ccc4ccccc4c3n(-c3nc(-c4ccccc4)nc(-n4c5c6ccccc6ccc5c5ccc6c(c7ccc8ccccc8c7n6-c6ccccc6)c54)n3)c12. The summed E-state index contributed by atoms with van der Waals surface area (Å²) in [6, 6.07) is 78.9. The van der Waals surface area contributed by atoms with Crippen molar-refractivity contribution in [1.82, 2.24) is 33.2 Å². The van der Waals surface area contributed by atoms with Crippen molar-refractivity contribution < 1.29 is 0 Å². The summed E-state index contributed by atoms with van der Waals surface area (Å²) in [5.74, 6) is 1.64. The van der Waals surface area contributed by atoms with Gasteiger partial charge in [-0.2, -0.15) is 15.0 Å². The van der Waals surface area contributed by atoms with Crippen molar-refractivity contribution in [3.05, 3.63) is 237 Å². The number of rotatable bonds is 6. The van der Waals surface area contributed by atoms with Crippen molar-refractivity contribution in [2.75, 3.05) is 0 Å². The number of hydrogen-bond donors (Lipinski definition) is 0. The smallest absolute Gasteiger partial charge is 0.240 e. The summed E-state index contributed by atoms with van der Waals surface area (Å²) in [5, 5.41) is 15.9. The Hall–Kier alpha value is -10.1. The predicted molar refractivity (Wildman–Crippen MR) is 319 cm³/mol. The molecule has 76 heavy (non-hydrogen) atoms. The van der Waals surface area contributed by atoms with Crippen LogP contribution in [0.2, 0.25) is 0 Å². The van der Waals surface area contributed by atoms with Crippen molar-refractivity contribution in [2.45, 2.75) is 13.8 Å². The normalized spacial score (nSPS) is 12.6. The second kappa shape index (κ2) is 16.2. The number of hydrogen-bond acceptors (Lipinski definition) is 3. The molecule has 0 saturated heterocycles. The van der Waals surface area contributed by atoms with Gasteiger partial charge in [0.25, 0.3) is 0 Å². The molecular formula is C69H45N7. The second-order valence-electron chi connectivity index (χ2n) is 19.8. The Morgan fingerprint density at radius 2 is 0.789 bits per heavy atom. The van der Waals surface area contributed by atoms with Crippen molar-refractivity contribution in [2.24, 2.45) is 0 Å². The Labute approximate surface area is 435 Å². The first kappa shape index (κ1) is 42.4. The lowest BCUT2D eigenvalue weighted by molar-refractivity contribution is 0.896. The predicted octanol–water partition coefficient (Wildman–Crippen LogP) is 17.8. The molecule has 16 rings (SSSR count). The molecule has 0 saturated carbocycles. The molecule has 5 aromatic heterocycles. The summed E-state index contributed by atoms with van der Waals surface area (Å²) in [6.45, 7) is 4.19. The Kier molecular flexibility index (Phi) is 9.04. The number of fused-ring (bicyclic) bond motifs is 20. The van der Waals surface area contributed by atoms with Gasteiger partial charge in [0, 0.05) is 76.2 Å². The van der Waals surface area contributed by atoms with Gasteiger partial charge in [-0.3, -0.25) is 9.13 Å². The molecule has 0 aliphatic heterocycles. The van der Waals surface area contributed by atoms with E-state index in [1.165, 1.54) is 10.8 Å². The number of aromatic nitrogens is 7. The molecule has 16 aromatic rings. The van der Waals surface area contributed by atoms with Crippen LogP contribution in [0.4, 0.5) is 0 Å². The van der Waals surface area contributed by atoms with E-state index in [9.17, 15) is 0 Å². The van der Waals surface area contributed by atoms with Crippen LogP contribution in [0.3, 0.4) is 0 Å². The lowest BCUT2D eigenvalue weighted by atomic mass is 10.0. The molecule has 11 aromatic carbocycles. The fourth-order valence-corrected chi connectivity index (χ4v) is 12.7. The lowest BCUT2D eigenvalue weighted by Crippen LogP contribution is -2.10. The fourth-order valence-electron chi connectivity index (χ4n) is 12.7. The molecule has 7 heteroatoms. The van der Waals surface area contributed by atoms with Crippen LogP contribution in [0, 0.1) is 0 Å². The highest BCUT2D eigenvalue weighted by Crippen LogP contribution is 2.47. The monoisotopic (exact) mass is 971 g/mol. The van der Waals surface area contributed by atoms with E-state index in [4.69, 9.17) is 15.0 Å². The number of allylic oxidation sites excluding steroid dienone is 4. The lowest BCUT2D eigenvalue weighted by Gasteiger charge is -2.15. The van der Waals surface area contributed by atoms with Crippen LogP contribution in [0.5, 0.6) is 0 Å². The molecular weight excluding hydrogens is 927 g/mol. The van der Waals surface area contributed by atoms with Gasteiger partial charge in [-0.1, -0.05) is 200 Å². The van der Waals surface area contributed by atoms with Gasteiger partial charge < -0.3 is 9.13 Å². The first-order chi connectivity index (χ1) is 37.7. The molecule has 0 N–H and O–H groups in total. The molecule has 0 fully saturated rings. The van der Waals surface area contributed by atoms with E-state index in [2.05, 4.69) is 263 Å². The maximum atomic E-state index is 5.90. The first-order valence-corrected chi connectivity index (χ1v) is 26.0. The van der Waals surface area contributed by atoms with Crippen LogP contribution >= 0.6 is 0 Å². The van der Waals surface area contributed by atoms with Crippen LogP contribution < -0.4 is 0 Å². The summed E-state index contributed by atoms with van der Waals surface area (Å²) in [7, 11) is 0. The van der Waals surface area contributed by atoms with Gasteiger partial charge in [-0.25, -0.2) is 0 Å². The molecule has 0 atom stereocenters. The maximum Gasteiger partial charge on any atom is 0.240 e. The minimum Gasteiger partial charge on any atom is -0.310 e. The summed E-state index contributed by atoms with van der Waals surface area (Å²) < 4.78 is 9.55. The molecule has 0 aliphatic rings. The van der Waals surface area contributed by atoms with Crippen LogP contribution in [-0.2, 0) is 0 Å².